The van der Waals surface area contributed by atoms with Crippen molar-refractivity contribution in [1.82, 2.24) is 14.5 Å². The van der Waals surface area contributed by atoms with Gasteiger partial charge in [0.1, 0.15) is 0 Å². The summed E-state index contributed by atoms with van der Waals surface area (Å²) in [5, 5.41) is 3.15. The van der Waals surface area contributed by atoms with Crippen LogP contribution in [0.2, 0.25) is 5.02 Å². The van der Waals surface area contributed by atoms with Crippen LogP contribution in [0.4, 0.5) is 0 Å². The zero-order valence-corrected chi connectivity index (χ0v) is 17.4. The van der Waals surface area contributed by atoms with Gasteiger partial charge >= 0.3 is 0 Å². The normalized spacial score (nSPS) is 18.7. The Morgan fingerprint density at radius 2 is 2.12 bits per heavy atom. The molecule has 0 saturated carbocycles. The van der Waals surface area contributed by atoms with E-state index in [0.29, 0.717) is 12.6 Å². The summed E-state index contributed by atoms with van der Waals surface area (Å²) in [5.74, 6) is -0.345. The molecule has 146 valence electrons. The molecule has 1 fully saturated rings. The van der Waals surface area contributed by atoms with Gasteiger partial charge in [-0.15, -0.1) is 0 Å². The summed E-state index contributed by atoms with van der Waals surface area (Å²) in [6, 6.07) is 4.39. The van der Waals surface area contributed by atoms with E-state index < -0.39 is 10.0 Å². The fourth-order valence-corrected chi connectivity index (χ4v) is 4.73. The number of likely N-dealkylation sites (tertiary alicyclic amines) is 1. The summed E-state index contributed by atoms with van der Waals surface area (Å²) in [6.07, 6.45) is 2.18. The quantitative estimate of drug-likeness (QED) is 0.762. The fraction of sp³-hybridized carbons (Fsp3) is 0.611. The van der Waals surface area contributed by atoms with E-state index in [9.17, 15) is 13.2 Å². The Labute approximate surface area is 161 Å². The minimum atomic E-state index is -3.67. The second-order valence-corrected chi connectivity index (χ2v) is 9.30. The highest BCUT2D eigenvalue weighted by Gasteiger charge is 2.26. The van der Waals surface area contributed by atoms with Crippen molar-refractivity contribution in [1.29, 1.82) is 0 Å². The molecule has 1 N–H and O–H groups in total. The number of rotatable bonds is 7. The average molecular weight is 402 g/mol. The monoisotopic (exact) mass is 401 g/mol. The summed E-state index contributed by atoms with van der Waals surface area (Å²) in [4.78, 5) is 15.0. The van der Waals surface area contributed by atoms with Gasteiger partial charge in [0.05, 0.1) is 15.5 Å². The zero-order valence-electron chi connectivity index (χ0n) is 15.8. The largest absolute Gasteiger partial charge is 0.350 e. The van der Waals surface area contributed by atoms with Crippen LogP contribution < -0.4 is 5.32 Å². The molecular formula is C18H28ClN3O3S. The SMILES string of the molecule is CCN1CCCC1CNC(=O)c1cc(S(=O)(=O)N(C)C(C)C)ccc1Cl. The molecular weight excluding hydrogens is 374 g/mol. The third-order valence-corrected chi connectivity index (χ3v) is 7.35. The van der Waals surface area contributed by atoms with Crippen LogP contribution in [0.3, 0.4) is 0 Å². The number of halogens is 1. The lowest BCUT2D eigenvalue weighted by Gasteiger charge is -2.23. The topological polar surface area (TPSA) is 69.7 Å². The van der Waals surface area contributed by atoms with Crippen LogP contribution in [0.1, 0.15) is 44.0 Å². The second-order valence-electron chi connectivity index (χ2n) is 6.89. The molecule has 0 spiro atoms. The second kappa shape index (κ2) is 8.69. The van der Waals surface area contributed by atoms with Gasteiger partial charge in [-0.25, -0.2) is 8.42 Å². The van der Waals surface area contributed by atoms with Crippen LogP contribution in [0.15, 0.2) is 23.1 Å². The van der Waals surface area contributed by atoms with Gasteiger partial charge in [0.25, 0.3) is 5.91 Å². The van der Waals surface area contributed by atoms with Crippen molar-refractivity contribution in [2.75, 3.05) is 26.7 Å². The smallest absolute Gasteiger partial charge is 0.252 e. The van der Waals surface area contributed by atoms with Gasteiger partial charge in [0, 0.05) is 25.7 Å². The standard InChI is InChI=1S/C18H28ClN3O3S/c1-5-22-10-6-7-14(22)12-20-18(23)16-11-15(8-9-17(16)19)26(24,25)21(4)13(2)3/h8-9,11,13-14H,5-7,10,12H2,1-4H3,(H,20,23). The van der Waals surface area contributed by atoms with E-state index >= 15 is 0 Å². The number of hydrogen-bond acceptors (Lipinski definition) is 4. The summed E-state index contributed by atoms with van der Waals surface area (Å²) in [7, 11) is -2.15. The number of amides is 1. The van der Waals surface area contributed by atoms with E-state index in [1.165, 1.54) is 29.6 Å². The summed E-state index contributed by atoms with van der Waals surface area (Å²) in [6.45, 7) is 8.23. The summed E-state index contributed by atoms with van der Waals surface area (Å²) in [5.41, 5.74) is 0.186. The van der Waals surface area contributed by atoms with Crippen molar-refractivity contribution >= 4 is 27.5 Å². The number of carbonyl (C=O) groups excluding carboxylic acids is 1. The van der Waals surface area contributed by atoms with Crippen LogP contribution in [-0.2, 0) is 10.0 Å². The molecule has 1 heterocycles. The van der Waals surface area contributed by atoms with Crippen molar-refractivity contribution in [2.45, 2.75) is 50.6 Å². The van der Waals surface area contributed by atoms with Gasteiger partial charge in [-0.05, 0) is 58.0 Å². The van der Waals surface area contributed by atoms with Crippen LogP contribution in [0.5, 0.6) is 0 Å². The number of benzene rings is 1. The molecule has 0 bridgehead atoms. The number of nitrogens with one attached hydrogen (secondary N) is 1. The zero-order chi connectivity index (χ0) is 19.5. The maximum atomic E-state index is 12.7. The highest BCUT2D eigenvalue weighted by Crippen LogP contribution is 2.24. The van der Waals surface area contributed by atoms with E-state index in [1.807, 2.05) is 0 Å². The van der Waals surface area contributed by atoms with Gasteiger partial charge in [-0.2, -0.15) is 4.31 Å². The molecule has 6 nitrogen and oxygen atoms in total. The van der Waals surface area contributed by atoms with E-state index in [-0.39, 0.29) is 27.4 Å². The Hall–Kier alpha value is -1.15. The molecule has 1 aromatic rings. The number of nitrogens with zero attached hydrogens (tertiary/aromatic N) is 2. The molecule has 0 radical (unpaired) electrons. The lowest BCUT2D eigenvalue weighted by molar-refractivity contribution is 0.0941. The first kappa shape index (κ1) is 21.2. The molecule has 1 unspecified atom stereocenters. The van der Waals surface area contributed by atoms with E-state index in [4.69, 9.17) is 11.6 Å². The Bertz CT molecular complexity index is 752. The maximum absolute atomic E-state index is 12.7. The Kier molecular flexibility index (Phi) is 7.07. The first-order valence-electron chi connectivity index (χ1n) is 8.98. The molecule has 8 heteroatoms. The number of likely N-dealkylation sites (N-methyl/N-ethyl adjacent to an activating group) is 1. The molecule has 1 aliphatic heterocycles. The molecule has 1 aromatic carbocycles. The van der Waals surface area contributed by atoms with Crippen molar-refractivity contribution in [3.05, 3.63) is 28.8 Å². The molecule has 1 atom stereocenters. The van der Waals surface area contributed by atoms with Crippen molar-refractivity contribution in [3.63, 3.8) is 0 Å². The number of carbonyl (C=O) groups is 1. The molecule has 0 aliphatic carbocycles. The van der Waals surface area contributed by atoms with Crippen LogP contribution in [-0.4, -0.2) is 62.3 Å². The van der Waals surface area contributed by atoms with Gasteiger partial charge in [0.2, 0.25) is 10.0 Å². The van der Waals surface area contributed by atoms with Gasteiger partial charge in [0.15, 0.2) is 0 Å². The fourth-order valence-electron chi connectivity index (χ4n) is 3.13. The van der Waals surface area contributed by atoms with Gasteiger partial charge < -0.3 is 5.32 Å². The van der Waals surface area contributed by atoms with Gasteiger partial charge in [-0.3, -0.25) is 9.69 Å². The minimum Gasteiger partial charge on any atom is -0.350 e. The minimum absolute atomic E-state index is 0.0688. The molecule has 1 amide bonds. The molecule has 26 heavy (non-hydrogen) atoms. The number of hydrogen-bond donors (Lipinski definition) is 1. The van der Waals surface area contributed by atoms with Crippen molar-refractivity contribution in [2.24, 2.45) is 0 Å². The lowest BCUT2D eigenvalue weighted by atomic mass is 10.2. The molecule has 1 saturated heterocycles. The summed E-state index contributed by atoms with van der Waals surface area (Å²) >= 11 is 6.15. The van der Waals surface area contributed by atoms with Crippen molar-refractivity contribution < 1.29 is 13.2 Å². The number of sulfonamides is 1. The third kappa shape index (κ3) is 4.57. The van der Waals surface area contributed by atoms with Crippen LogP contribution in [0.25, 0.3) is 0 Å². The van der Waals surface area contributed by atoms with Crippen LogP contribution in [0, 0.1) is 0 Å². The highest BCUT2D eigenvalue weighted by molar-refractivity contribution is 7.89. The van der Waals surface area contributed by atoms with Gasteiger partial charge in [-0.1, -0.05) is 18.5 Å². The lowest BCUT2D eigenvalue weighted by Crippen LogP contribution is -2.40. The van der Waals surface area contributed by atoms with E-state index in [1.54, 1.807) is 13.8 Å². The first-order valence-corrected chi connectivity index (χ1v) is 10.8. The molecule has 1 aliphatic rings. The average Bonchev–Trinajstić information content (AvgIpc) is 3.06. The third-order valence-electron chi connectivity index (χ3n) is 4.99. The maximum Gasteiger partial charge on any atom is 0.252 e. The highest BCUT2D eigenvalue weighted by atomic mass is 35.5. The predicted octanol–water partition coefficient (Wildman–Crippen LogP) is 2.58. The Balaban J connectivity index is 2.17. The predicted molar refractivity (Wildman–Crippen MR) is 104 cm³/mol. The van der Waals surface area contributed by atoms with Crippen molar-refractivity contribution in [3.8, 4) is 0 Å². The molecule has 2 rings (SSSR count). The Morgan fingerprint density at radius 3 is 2.73 bits per heavy atom. The van der Waals surface area contributed by atoms with E-state index in [0.717, 1.165) is 25.9 Å². The Morgan fingerprint density at radius 1 is 1.42 bits per heavy atom. The summed E-state index contributed by atoms with van der Waals surface area (Å²) < 4.78 is 26.6. The van der Waals surface area contributed by atoms with Crippen LogP contribution >= 0.6 is 11.6 Å². The first-order chi connectivity index (χ1) is 12.2. The molecule has 0 aromatic heterocycles. The van der Waals surface area contributed by atoms with E-state index in [2.05, 4.69) is 17.1 Å².